The summed E-state index contributed by atoms with van der Waals surface area (Å²) >= 11 is 0. The number of hydrogen-bond donors (Lipinski definition) is 0. The first-order valence-corrected chi connectivity index (χ1v) is 28.8. The van der Waals surface area contributed by atoms with Gasteiger partial charge in [-0.2, -0.15) is 0 Å². The largest absolute Gasteiger partial charge is 0.462 e. The van der Waals surface area contributed by atoms with Crippen LogP contribution in [-0.2, 0) is 28.6 Å². The summed E-state index contributed by atoms with van der Waals surface area (Å²) in [7, 11) is 0. The lowest BCUT2D eigenvalue weighted by Gasteiger charge is -2.18. The molecule has 0 spiro atoms. The molecule has 0 rings (SSSR count). The van der Waals surface area contributed by atoms with Gasteiger partial charge in [0.25, 0.3) is 0 Å². The maximum atomic E-state index is 12.8. The molecular formula is C61H108O6. The standard InChI is InChI=1S/C61H108O6/c1-4-7-10-13-16-19-22-25-28-30-31-34-36-39-42-45-48-51-54-60(63)66-57-58(56-65-59(62)53-50-47-44-41-38-35-32-27-24-21-18-15-12-9-6-3)67-61(64)55-52-49-46-43-40-37-33-29-26-23-20-17-14-11-8-5-2/h21-22,24-25,28-31,33-34,58H,4-20,23,26-27,32,35-57H2,1-3H3/b24-21-,25-22-,30-28-,33-29-,34-31-. The van der Waals surface area contributed by atoms with E-state index in [1.807, 2.05) is 0 Å². The van der Waals surface area contributed by atoms with E-state index in [0.29, 0.717) is 19.3 Å². The van der Waals surface area contributed by atoms with Crippen LogP contribution in [0.3, 0.4) is 0 Å². The van der Waals surface area contributed by atoms with Gasteiger partial charge in [-0.3, -0.25) is 14.4 Å². The van der Waals surface area contributed by atoms with Crippen molar-refractivity contribution in [1.82, 2.24) is 0 Å². The Morgan fingerprint density at radius 1 is 0.299 bits per heavy atom. The van der Waals surface area contributed by atoms with Crippen molar-refractivity contribution >= 4 is 17.9 Å². The molecule has 0 aliphatic carbocycles. The molecule has 0 amide bonds. The summed E-state index contributed by atoms with van der Waals surface area (Å²) < 4.78 is 16.8. The molecule has 0 saturated heterocycles. The summed E-state index contributed by atoms with van der Waals surface area (Å²) in [5.41, 5.74) is 0. The summed E-state index contributed by atoms with van der Waals surface area (Å²) in [6, 6.07) is 0. The fraction of sp³-hybridized carbons (Fsp3) is 0.787. The normalized spacial score (nSPS) is 12.5. The number of carbonyl (C=O) groups is 3. The van der Waals surface area contributed by atoms with Gasteiger partial charge in [0.05, 0.1) is 0 Å². The minimum atomic E-state index is -0.789. The second-order valence-electron chi connectivity index (χ2n) is 19.3. The van der Waals surface area contributed by atoms with Crippen molar-refractivity contribution in [3.63, 3.8) is 0 Å². The van der Waals surface area contributed by atoms with Gasteiger partial charge in [0, 0.05) is 19.3 Å². The average Bonchev–Trinajstić information content (AvgIpc) is 3.33. The second-order valence-corrected chi connectivity index (χ2v) is 19.3. The predicted molar refractivity (Wildman–Crippen MR) is 288 cm³/mol. The third-order valence-corrected chi connectivity index (χ3v) is 12.5. The van der Waals surface area contributed by atoms with E-state index in [-0.39, 0.29) is 31.1 Å². The lowest BCUT2D eigenvalue weighted by Crippen LogP contribution is -2.30. The number of esters is 3. The van der Waals surface area contributed by atoms with Crippen LogP contribution in [0.15, 0.2) is 60.8 Å². The number of ether oxygens (including phenoxy) is 3. The van der Waals surface area contributed by atoms with E-state index in [2.05, 4.69) is 81.5 Å². The van der Waals surface area contributed by atoms with Crippen LogP contribution >= 0.6 is 0 Å². The summed E-state index contributed by atoms with van der Waals surface area (Å²) in [6.07, 6.45) is 69.1. The van der Waals surface area contributed by atoms with Gasteiger partial charge >= 0.3 is 17.9 Å². The zero-order chi connectivity index (χ0) is 48.6. The Bertz CT molecular complexity index is 1210. The van der Waals surface area contributed by atoms with Crippen molar-refractivity contribution in [2.45, 2.75) is 297 Å². The number of allylic oxidation sites excluding steroid dienone is 10. The first-order valence-electron chi connectivity index (χ1n) is 28.8. The maximum Gasteiger partial charge on any atom is 0.306 e. The van der Waals surface area contributed by atoms with Gasteiger partial charge in [0.15, 0.2) is 6.10 Å². The van der Waals surface area contributed by atoms with Gasteiger partial charge in [0.1, 0.15) is 13.2 Å². The molecule has 6 nitrogen and oxygen atoms in total. The highest BCUT2D eigenvalue weighted by Gasteiger charge is 2.19. The number of unbranched alkanes of at least 4 members (excludes halogenated alkanes) is 33. The molecule has 0 aliphatic rings. The molecule has 0 aromatic heterocycles. The third kappa shape index (κ3) is 53.9. The molecule has 0 saturated carbocycles. The SMILES string of the molecule is CCCCCC/C=C\CCCCCCCCCC(=O)OCC(COC(=O)CCCCCCC\C=C/C=C\C=C/CCCCCCC)OC(=O)CCCCCCC/C=C\CCCCCCCCC. The van der Waals surface area contributed by atoms with Gasteiger partial charge in [-0.15, -0.1) is 0 Å². The van der Waals surface area contributed by atoms with E-state index in [0.717, 1.165) is 89.9 Å². The zero-order valence-corrected chi connectivity index (χ0v) is 44.4. The monoisotopic (exact) mass is 937 g/mol. The Morgan fingerprint density at radius 2 is 0.552 bits per heavy atom. The highest BCUT2D eigenvalue weighted by molar-refractivity contribution is 5.71. The van der Waals surface area contributed by atoms with Crippen molar-refractivity contribution in [2.24, 2.45) is 0 Å². The van der Waals surface area contributed by atoms with Crippen LogP contribution in [0.5, 0.6) is 0 Å². The van der Waals surface area contributed by atoms with Crippen molar-refractivity contribution in [1.29, 1.82) is 0 Å². The van der Waals surface area contributed by atoms with Crippen LogP contribution in [0, 0.1) is 0 Å². The lowest BCUT2D eigenvalue weighted by atomic mass is 10.1. The molecule has 0 bridgehead atoms. The fourth-order valence-electron chi connectivity index (χ4n) is 8.14. The molecule has 0 radical (unpaired) electrons. The first-order chi connectivity index (χ1) is 33.0. The van der Waals surface area contributed by atoms with Gasteiger partial charge in [-0.25, -0.2) is 0 Å². The molecular weight excluding hydrogens is 829 g/mol. The van der Waals surface area contributed by atoms with Gasteiger partial charge in [-0.05, 0) is 96.3 Å². The molecule has 0 aromatic carbocycles. The van der Waals surface area contributed by atoms with E-state index < -0.39 is 6.10 Å². The Hall–Kier alpha value is -2.89. The highest BCUT2D eigenvalue weighted by atomic mass is 16.6. The lowest BCUT2D eigenvalue weighted by molar-refractivity contribution is -0.167. The second kappa shape index (κ2) is 55.7. The van der Waals surface area contributed by atoms with Crippen molar-refractivity contribution in [3.05, 3.63) is 60.8 Å². The third-order valence-electron chi connectivity index (χ3n) is 12.5. The fourth-order valence-corrected chi connectivity index (χ4v) is 8.14. The molecule has 0 N–H and O–H groups in total. The number of carbonyl (C=O) groups excluding carboxylic acids is 3. The molecule has 6 heteroatoms. The minimum Gasteiger partial charge on any atom is -0.462 e. The Kier molecular flexibility index (Phi) is 53.3. The van der Waals surface area contributed by atoms with Crippen LogP contribution in [0.1, 0.15) is 290 Å². The Morgan fingerprint density at radius 3 is 0.881 bits per heavy atom. The number of rotatable bonds is 52. The summed E-state index contributed by atoms with van der Waals surface area (Å²) in [4.78, 5) is 38.1. The van der Waals surface area contributed by atoms with Gasteiger partial charge < -0.3 is 14.2 Å². The minimum absolute atomic E-state index is 0.0857. The average molecular weight is 938 g/mol. The van der Waals surface area contributed by atoms with Crippen molar-refractivity contribution in [2.75, 3.05) is 13.2 Å². The van der Waals surface area contributed by atoms with Crippen molar-refractivity contribution in [3.8, 4) is 0 Å². The molecule has 0 aliphatic heterocycles. The molecule has 0 fully saturated rings. The maximum absolute atomic E-state index is 12.8. The van der Waals surface area contributed by atoms with Gasteiger partial charge in [0.2, 0.25) is 0 Å². The first kappa shape index (κ1) is 64.1. The van der Waals surface area contributed by atoms with Crippen molar-refractivity contribution < 1.29 is 28.6 Å². The number of hydrogen-bond acceptors (Lipinski definition) is 6. The van der Waals surface area contributed by atoms with E-state index in [1.165, 1.54) is 161 Å². The highest BCUT2D eigenvalue weighted by Crippen LogP contribution is 2.15. The Balaban J connectivity index is 4.43. The molecule has 0 heterocycles. The molecule has 1 atom stereocenters. The topological polar surface area (TPSA) is 78.9 Å². The summed E-state index contributed by atoms with van der Waals surface area (Å²) in [5, 5.41) is 0. The van der Waals surface area contributed by atoms with Gasteiger partial charge in [-0.1, -0.05) is 236 Å². The van der Waals surface area contributed by atoms with E-state index in [1.54, 1.807) is 0 Å². The van der Waals surface area contributed by atoms with Crippen LogP contribution in [0.25, 0.3) is 0 Å². The van der Waals surface area contributed by atoms with E-state index in [9.17, 15) is 14.4 Å². The van der Waals surface area contributed by atoms with Crippen LogP contribution < -0.4 is 0 Å². The summed E-state index contributed by atoms with van der Waals surface area (Å²) in [5.74, 6) is -0.908. The summed E-state index contributed by atoms with van der Waals surface area (Å²) in [6.45, 7) is 6.60. The molecule has 0 aromatic rings. The van der Waals surface area contributed by atoms with Crippen LogP contribution in [0.4, 0.5) is 0 Å². The van der Waals surface area contributed by atoms with Crippen LogP contribution in [-0.4, -0.2) is 37.2 Å². The smallest absolute Gasteiger partial charge is 0.306 e. The predicted octanol–water partition coefficient (Wildman–Crippen LogP) is 19.2. The Labute approximate surface area is 415 Å². The molecule has 1 unspecified atom stereocenters. The molecule has 67 heavy (non-hydrogen) atoms. The van der Waals surface area contributed by atoms with Crippen LogP contribution in [0.2, 0.25) is 0 Å². The van der Waals surface area contributed by atoms with E-state index >= 15 is 0 Å². The van der Waals surface area contributed by atoms with E-state index in [4.69, 9.17) is 14.2 Å². The zero-order valence-electron chi connectivity index (χ0n) is 44.4. The molecule has 388 valence electrons. The quantitative estimate of drug-likeness (QED) is 0.0199.